The van der Waals surface area contributed by atoms with E-state index < -0.39 is 0 Å². The van der Waals surface area contributed by atoms with Crippen molar-refractivity contribution in [3.05, 3.63) is 32.6 Å². The molecule has 0 aliphatic carbocycles. The molecule has 1 aromatic heterocycles. The van der Waals surface area contributed by atoms with Crippen LogP contribution in [0.15, 0.2) is 15.7 Å². The Kier molecular flexibility index (Phi) is 2.75. The minimum absolute atomic E-state index is 0.273. The Hall–Kier alpha value is -0.970. The number of thiol groups is 1. The summed E-state index contributed by atoms with van der Waals surface area (Å²) in [7, 11) is 0. The fourth-order valence-electron chi connectivity index (χ4n) is 0.947. The zero-order valence-corrected chi connectivity index (χ0v) is 7.60. The molecule has 0 aliphatic rings. The topological polar surface area (TPSA) is 54.9 Å². The van der Waals surface area contributed by atoms with Gasteiger partial charge in [0.05, 0.1) is 0 Å². The average molecular weight is 186 g/mol. The Morgan fingerprint density at radius 2 is 2.25 bits per heavy atom. The van der Waals surface area contributed by atoms with Crippen molar-refractivity contribution in [1.29, 1.82) is 0 Å². The number of H-pyrrole nitrogens is 1. The number of aryl methyl sites for hydroxylation is 1. The lowest BCUT2D eigenvalue weighted by Crippen LogP contribution is -2.35. The standard InChI is InChI=1S/C7H10N2O2S/c1-5-4-6(10)9(2-3-12)7(11)8-5/h4,12H,2-3H2,1H3,(H,8,11). The quantitative estimate of drug-likeness (QED) is 0.627. The Balaban J connectivity index is 3.29. The molecule has 1 heterocycles. The summed E-state index contributed by atoms with van der Waals surface area (Å²) < 4.78 is 1.12. The maximum Gasteiger partial charge on any atom is 0.328 e. The van der Waals surface area contributed by atoms with Gasteiger partial charge in [0, 0.05) is 24.1 Å². The van der Waals surface area contributed by atoms with Crippen LogP contribution < -0.4 is 11.2 Å². The van der Waals surface area contributed by atoms with Crippen LogP contribution in [0, 0.1) is 6.92 Å². The lowest BCUT2D eigenvalue weighted by molar-refractivity contribution is 0.675. The van der Waals surface area contributed by atoms with Crippen molar-refractivity contribution in [2.24, 2.45) is 0 Å². The first-order valence-corrected chi connectivity index (χ1v) is 4.20. The number of aromatic nitrogens is 2. The summed E-state index contributed by atoms with van der Waals surface area (Å²) in [5.41, 5.74) is -0.0558. The molecule has 0 saturated heterocycles. The molecule has 1 N–H and O–H groups in total. The van der Waals surface area contributed by atoms with Gasteiger partial charge in [-0.2, -0.15) is 12.6 Å². The van der Waals surface area contributed by atoms with Crippen molar-refractivity contribution in [3.63, 3.8) is 0 Å². The summed E-state index contributed by atoms with van der Waals surface area (Å²) >= 11 is 3.94. The van der Waals surface area contributed by atoms with Crippen LogP contribution in [0.2, 0.25) is 0 Å². The molecule has 4 nitrogen and oxygen atoms in total. The summed E-state index contributed by atoms with van der Waals surface area (Å²) in [6, 6.07) is 1.39. The molecule has 5 heteroatoms. The van der Waals surface area contributed by atoms with Crippen molar-refractivity contribution in [2.45, 2.75) is 13.5 Å². The van der Waals surface area contributed by atoms with Crippen molar-refractivity contribution in [3.8, 4) is 0 Å². The van der Waals surface area contributed by atoms with E-state index in [-0.39, 0.29) is 11.2 Å². The van der Waals surface area contributed by atoms with E-state index in [0.717, 1.165) is 4.57 Å². The maximum absolute atomic E-state index is 11.2. The first kappa shape index (κ1) is 9.12. The Labute approximate surface area is 74.7 Å². The molecule has 1 rings (SSSR count). The van der Waals surface area contributed by atoms with Crippen LogP contribution in [0.4, 0.5) is 0 Å². The number of aromatic amines is 1. The van der Waals surface area contributed by atoms with Gasteiger partial charge in [0.1, 0.15) is 0 Å². The second-order valence-electron chi connectivity index (χ2n) is 2.47. The van der Waals surface area contributed by atoms with Crippen LogP contribution in [0.25, 0.3) is 0 Å². The molecule has 0 bridgehead atoms. The summed E-state index contributed by atoms with van der Waals surface area (Å²) in [4.78, 5) is 24.8. The van der Waals surface area contributed by atoms with Crippen molar-refractivity contribution < 1.29 is 0 Å². The first-order valence-electron chi connectivity index (χ1n) is 3.57. The fourth-order valence-corrected chi connectivity index (χ4v) is 1.15. The maximum atomic E-state index is 11.2. The van der Waals surface area contributed by atoms with Gasteiger partial charge in [-0.05, 0) is 6.92 Å². The van der Waals surface area contributed by atoms with Crippen LogP contribution in [0.3, 0.4) is 0 Å². The number of rotatable bonds is 2. The van der Waals surface area contributed by atoms with Gasteiger partial charge < -0.3 is 4.98 Å². The van der Waals surface area contributed by atoms with E-state index in [2.05, 4.69) is 17.6 Å². The molecule has 1 aromatic rings. The highest BCUT2D eigenvalue weighted by molar-refractivity contribution is 7.80. The van der Waals surface area contributed by atoms with Crippen molar-refractivity contribution in [1.82, 2.24) is 9.55 Å². The third kappa shape index (κ3) is 1.79. The molecule has 12 heavy (non-hydrogen) atoms. The molecule has 0 fully saturated rings. The predicted molar refractivity (Wildman–Crippen MR) is 49.9 cm³/mol. The molecular formula is C7H10N2O2S. The number of nitrogens with one attached hydrogen (secondary N) is 1. The minimum Gasteiger partial charge on any atom is -0.311 e. The Bertz CT molecular complexity index is 348. The third-order valence-electron chi connectivity index (χ3n) is 1.48. The van der Waals surface area contributed by atoms with Gasteiger partial charge in [-0.25, -0.2) is 4.79 Å². The molecule has 0 atom stereocenters. The van der Waals surface area contributed by atoms with E-state index in [1.165, 1.54) is 6.07 Å². The number of nitrogens with zero attached hydrogens (tertiary/aromatic N) is 1. The lowest BCUT2D eigenvalue weighted by atomic mass is 10.4. The highest BCUT2D eigenvalue weighted by atomic mass is 32.1. The van der Waals surface area contributed by atoms with Crippen LogP contribution in [0.1, 0.15) is 5.69 Å². The van der Waals surface area contributed by atoms with E-state index in [9.17, 15) is 9.59 Å². The van der Waals surface area contributed by atoms with E-state index in [0.29, 0.717) is 18.0 Å². The van der Waals surface area contributed by atoms with Crippen LogP contribution in [0.5, 0.6) is 0 Å². The Morgan fingerprint density at radius 1 is 1.58 bits per heavy atom. The summed E-state index contributed by atoms with van der Waals surface area (Å²) in [6.45, 7) is 2.02. The van der Waals surface area contributed by atoms with Gasteiger partial charge in [0.2, 0.25) is 0 Å². The fraction of sp³-hybridized carbons (Fsp3) is 0.429. The molecular weight excluding hydrogens is 176 g/mol. The van der Waals surface area contributed by atoms with Crippen LogP contribution >= 0.6 is 12.6 Å². The van der Waals surface area contributed by atoms with Gasteiger partial charge in [0.25, 0.3) is 5.56 Å². The molecule has 0 aliphatic heterocycles. The number of hydrogen-bond acceptors (Lipinski definition) is 3. The molecule has 66 valence electrons. The second kappa shape index (κ2) is 3.62. The number of hydrogen-bond donors (Lipinski definition) is 2. The molecule has 0 unspecified atom stereocenters. The van der Waals surface area contributed by atoms with E-state index in [4.69, 9.17) is 0 Å². The van der Waals surface area contributed by atoms with Gasteiger partial charge in [-0.3, -0.25) is 9.36 Å². The molecule has 0 spiro atoms. The van der Waals surface area contributed by atoms with Gasteiger partial charge in [0.15, 0.2) is 0 Å². The van der Waals surface area contributed by atoms with E-state index in [1.54, 1.807) is 6.92 Å². The van der Waals surface area contributed by atoms with Crippen molar-refractivity contribution >= 4 is 12.6 Å². The largest absolute Gasteiger partial charge is 0.328 e. The summed E-state index contributed by atoms with van der Waals surface area (Å²) in [5.74, 6) is 0.478. The lowest BCUT2D eigenvalue weighted by Gasteiger charge is -2.00. The van der Waals surface area contributed by atoms with E-state index in [1.807, 2.05) is 0 Å². The predicted octanol–water partition coefficient (Wildman–Crippen LogP) is -0.225. The molecule has 0 radical (unpaired) electrons. The van der Waals surface area contributed by atoms with Gasteiger partial charge >= 0.3 is 5.69 Å². The van der Waals surface area contributed by atoms with Crippen LogP contribution in [-0.2, 0) is 6.54 Å². The monoisotopic (exact) mass is 186 g/mol. The molecule has 0 aromatic carbocycles. The Morgan fingerprint density at radius 3 is 2.75 bits per heavy atom. The summed E-state index contributed by atoms with van der Waals surface area (Å²) in [6.07, 6.45) is 0. The highest BCUT2D eigenvalue weighted by Gasteiger charge is 1.99. The van der Waals surface area contributed by atoms with Crippen LogP contribution in [-0.4, -0.2) is 15.3 Å². The highest BCUT2D eigenvalue weighted by Crippen LogP contribution is 1.81. The first-order chi connectivity index (χ1) is 5.65. The van der Waals surface area contributed by atoms with Gasteiger partial charge in [-0.1, -0.05) is 0 Å². The smallest absolute Gasteiger partial charge is 0.311 e. The second-order valence-corrected chi connectivity index (χ2v) is 2.92. The molecule has 0 saturated carbocycles. The summed E-state index contributed by atoms with van der Waals surface area (Å²) in [5, 5.41) is 0. The van der Waals surface area contributed by atoms with Crippen molar-refractivity contribution in [2.75, 3.05) is 5.75 Å². The normalized spacial score (nSPS) is 10.2. The third-order valence-corrected chi connectivity index (χ3v) is 1.68. The average Bonchev–Trinajstić information content (AvgIpc) is 1.96. The van der Waals surface area contributed by atoms with Gasteiger partial charge in [-0.15, -0.1) is 0 Å². The minimum atomic E-state index is -0.367. The zero-order chi connectivity index (χ0) is 9.14. The SMILES string of the molecule is Cc1cc(=O)n(CCS)c(=O)[nH]1. The zero-order valence-electron chi connectivity index (χ0n) is 6.70. The van der Waals surface area contributed by atoms with E-state index >= 15 is 0 Å². The molecule has 0 amide bonds.